The molecule has 0 aliphatic rings. The number of hydrogen-bond acceptors (Lipinski definition) is 2. The number of benzene rings is 3. The summed E-state index contributed by atoms with van der Waals surface area (Å²) in [6.45, 7) is 0. The molecule has 1 aromatic heterocycles. The molecule has 4 heteroatoms. The first kappa shape index (κ1) is 17.3. The Morgan fingerprint density at radius 2 is 1.52 bits per heavy atom. The van der Waals surface area contributed by atoms with Crippen molar-refractivity contribution in [1.29, 1.82) is 0 Å². The molecule has 0 unspecified atom stereocenters. The standard InChI is InChI=1S/C21H15ClN2.ClH/c22-16-9-10-20-19(12-16)18(14-5-2-1-3-6-14)13-21(24-20)15-7-4-8-17(23)11-15;/h1-13H,23H2;1H/p-1. The van der Waals surface area contributed by atoms with Gasteiger partial charge >= 0.3 is 0 Å². The molecule has 0 atom stereocenters. The quantitative estimate of drug-likeness (QED) is 0.554. The molecule has 4 rings (SSSR count). The summed E-state index contributed by atoms with van der Waals surface area (Å²) in [7, 11) is 0. The van der Waals surface area contributed by atoms with E-state index in [9.17, 15) is 0 Å². The van der Waals surface area contributed by atoms with Crippen LogP contribution in [0.15, 0.2) is 78.9 Å². The van der Waals surface area contributed by atoms with Crippen LogP contribution >= 0.6 is 11.6 Å². The molecule has 2 nitrogen and oxygen atoms in total. The minimum Gasteiger partial charge on any atom is -1.00 e. The highest BCUT2D eigenvalue weighted by Gasteiger charge is 2.10. The van der Waals surface area contributed by atoms with Gasteiger partial charge in [-0.1, -0.05) is 54.1 Å². The van der Waals surface area contributed by atoms with Gasteiger partial charge in [0.2, 0.25) is 0 Å². The number of fused-ring (bicyclic) bond motifs is 1. The second-order valence-corrected chi connectivity index (χ2v) is 6.14. The van der Waals surface area contributed by atoms with E-state index in [1.165, 1.54) is 0 Å². The smallest absolute Gasteiger partial charge is 0.0716 e. The van der Waals surface area contributed by atoms with Gasteiger partial charge < -0.3 is 18.1 Å². The average molecular weight is 366 g/mol. The summed E-state index contributed by atoms with van der Waals surface area (Å²) in [5, 5.41) is 1.75. The van der Waals surface area contributed by atoms with Crippen molar-refractivity contribution in [2.75, 3.05) is 5.73 Å². The maximum absolute atomic E-state index is 6.21. The van der Waals surface area contributed by atoms with Gasteiger partial charge in [0.25, 0.3) is 0 Å². The monoisotopic (exact) mass is 365 g/mol. The molecule has 0 radical (unpaired) electrons. The summed E-state index contributed by atoms with van der Waals surface area (Å²) in [4.78, 5) is 4.80. The van der Waals surface area contributed by atoms with Crippen LogP contribution in [0, 0.1) is 0 Å². The van der Waals surface area contributed by atoms with Crippen LogP contribution in [-0.2, 0) is 0 Å². The van der Waals surface area contributed by atoms with E-state index in [-0.39, 0.29) is 12.4 Å². The molecule has 25 heavy (non-hydrogen) atoms. The first-order valence-corrected chi connectivity index (χ1v) is 8.10. The van der Waals surface area contributed by atoms with Crippen LogP contribution in [0.5, 0.6) is 0 Å². The molecule has 3 aromatic carbocycles. The van der Waals surface area contributed by atoms with E-state index >= 15 is 0 Å². The molecule has 1 heterocycles. The molecule has 0 bridgehead atoms. The molecule has 0 saturated heterocycles. The minimum atomic E-state index is 0. The molecular weight excluding hydrogens is 351 g/mol. The summed E-state index contributed by atoms with van der Waals surface area (Å²) in [6, 6.07) is 26.0. The number of pyridine rings is 1. The van der Waals surface area contributed by atoms with E-state index in [0.29, 0.717) is 5.02 Å². The van der Waals surface area contributed by atoms with Crippen LogP contribution in [0.3, 0.4) is 0 Å². The number of hydrogen-bond donors (Lipinski definition) is 1. The van der Waals surface area contributed by atoms with E-state index in [4.69, 9.17) is 22.3 Å². The van der Waals surface area contributed by atoms with Crippen LogP contribution in [0.4, 0.5) is 5.69 Å². The Bertz CT molecular complexity index is 1030. The van der Waals surface area contributed by atoms with Gasteiger partial charge in [0.05, 0.1) is 11.2 Å². The lowest BCUT2D eigenvalue weighted by atomic mass is 9.98. The van der Waals surface area contributed by atoms with Gasteiger partial charge in [-0.05, 0) is 47.5 Å². The fourth-order valence-electron chi connectivity index (χ4n) is 2.90. The third-order valence-electron chi connectivity index (χ3n) is 4.04. The van der Waals surface area contributed by atoms with Crippen LogP contribution in [-0.4, -0.2) is 4.98 Å². The van der Waals surface area contributed by atoms with Gasteiger partial charge in [-0.15, -0.1) is 0 Å². The van der Waals surface area contributed by atoms with E-state index in [2.05, 4.69) is 18.2 Å². The topological polar surface area (TPSA) is 38.9 Å². The summed E-state index contributed by atoms with van der Waals surface area (Å²) in [5.41, 5.74) is 11.7. The summed E-state index contributed by atoms with van der Waals surface area (Å²) >= 11 is 6.21. The molecule has 124 valence electrons. The lowest BCUT2D eigenvalue weighted by molar-refractivity contribution is -0.00000461. The third kappa shape index (κ3) is 3.46. The zero-order chi connectivity index (χ0) is 16.5. The predicted molar refractivity (Wildman–Crippen MR) is 102 cm³/mol. The number of anilines is 1. The fourth-order valence-corrected chi connectivity index (χ4v) is 3.07. The number of nitrogen functional groups attached to an aromatic ring is 1. The molecule has 0 amide bonds. The van der Waals surface area contributed by atoms with Crippen LogP contribution in [0.25, 0.3) is 33.3 Å². The predicted octanol–water partition coefficient (Wildman–Crippen LogP) is 2.81. The molecule has 0 saturated carbocycles. The summed E-state index contributed by atoms with van der Waals surface area (Å²) in [6.07, 6.45) is 0. The van der Waals surface area contributed by atoms with E-state index < -0.39 is 0 Å². The zero-order valence-corrected chi connectivity index (χ0v) is 14.8. The molecule has 0 fully saturated rings. The summed E-state index contributed by atoms with van der Waals surface area (Å²) < 4.78 is 0. The number of rotatable bonds is 2. The number of nitrogens with two attached hydrogens (primary N) is 1. The van der Waals surface area contributed by atoms with Crippen molar-refractivity contribution in [3.63, 3.8) is 0 Å². The van der Waals surface area contributed by atoms with Crippen LogP contribution < -0.4 is 18.1 Å². The van der Waals surface area contributed by atoms with Crippen molar-refractivity contribution in [3.05, 3.63) is 83.9 Å². The summed E-state index contributed by atoms with van der Waals surface area (Å²) in [5.74, 6) is 0. The van der Waals surface area contributed by atoms with E-state index in [1.54, 1.807) is 0 Å². The van der Waals surface area contributed by atoms with Crippen molar-refractivity contribution in [1.82, 2.24) is 4.98 Å². The van der Waals surface area contributed by atoms with Crippen LogP contribution in [0.1, 0.15) is 0 Å². The maximum Gasteiger partial charge on any atom is 0.0716 e. The first-order valence-electron chi connectivity index (χ1n) is 7.72. The van der Waals surface area contributed by atoms with Crippen LogP contribution in [0.2, 0.25) is 5.02 Å². The molecule has 0 aliphatic heterocycles. The Morgan fingerprint density at radius 1 is 0.760 bits per heavy atom. The normalized spacial score (nSPS) is 10.4. The number of halogens is 2. The first-order chi connectivity index (χ1) is 11.7. The Kier molecular flexibility index (Phi) is 4.93. The molecular formula is C21H15Cl2N2-. The minimum absolute atomic E-state index is 0. The van der Waals surface area contributed by atoms with E-state index in [1.807, 2.05) is 60.7 Å². The van der Waals surface area contributed by atoms with E-state index in [0.717, 1.165) is 39.0 Å². The van der Waals surface area contributed by atoms with Gasteiger partial charge in [-0.3, -0.25) is 0 Å². The molecule has 0 spiro atoms. The van der Waals surface area contributed by atoms with Crippen molar-refractivity contribution < 1.29 is 12.4 Å². The van der Waals surface area contributed by atoms with Gasteiger partial charge in [-0.2, -0.15) is 0 Å². The Morgan fingerprint density at radius 3 is 2.28 bits per heavy atom. The van der Waals surface area contributed by atoms with Gasteiger partial charge in [0.15, 0.2) is 0 Å². The molecule has 0 aliphatic carbocycles. The second kappa shape index (κ2) is 7.14. The Hall–Kier alpha value is -2.55. The van der Waals surface area contributed by atoms with Gasteiger partial charge in [0.1, 0.15) is 0 Å². The Labute approximate surface area is 157 Å². The van der Waals surface area contributed by atoms with Crippen molar-refractivity contribution in [2.45, 2.75) is 0 Å². The second-order valence-electron chi connectivity index (χ2n) is 5.71. The number of nitrogens with zero attached hydrogens (tertiary/aromatic N) is 1. The van der Waals surface area contributed by atoms with Crippen molar-refractivity contribution >= 4 is 28.2 Å². The van der Waals surface area contributed by atoms with Gasteiger partial charge in [0, 0.05) is 21.7 Å². The Balaban J connectivity index is 0.00000182. The highest BCUT2D eigenvalue weighted by molar-refractivity contribution is 6.31. The highest BCUT2D eigenvalue weighted by atomic mass is 35.5. The number of aromatic nitrogens is 1. The SMILES string of the molecule is Nc1cccc(-c2cc(-c3ccccc3)c3cc(Cl)ccc3n2)c1.[Cl-]. The zero-order valence-electron chi connectivity index (χ0n) is 13.3. The lowest BCUT2D eigenvalue weighted by Gasteiger charge is -2.11. The molecule has 4 aromatic rings. The molecule has 2 N–H and O–H groups in total. The van der Waals surface area contributed by atoms with Gasteiger partial charge in [-0.25, -0.2) is 4.98 Å². The largest absolute Gasteiger partial charge is 1.00 e. The third-order valence-corrected chi connectivity index (χ3v) is 4.27. The fraction of sp³-hybridized carbons (Fsp3) is 0. The highest BCUT2D eigenvalue weighted by Crippen LogP contribution is 2.33. The lowest BCUT2D eigenvalue weighted by Crippen LogP contribution is -3.00. The van der Waals surface area contributed by atoms with Crippen molar-refractivity contribution in [3.8, 4) is 22.4 Å². The average Bonchev–Trinajstić information content (AvgIpc) is 2.61. The van der Waals surface area contributed by atoms with Crippen molar-refractivity contribution in [2.24, 2.45) is 0 Å². The maximum atomic E-state index is 6.21.